The molecule has 0 fully saturated rings. The first-order valence-electron chi connectivity index (χ1n) is 8.90. The number of hydrogen-bond donors (Lipinski definition) is 2. The zero-order valence-electron chi connectivity index (χ0n) is 15.8. The summed E-state index contributed by atoms with van der Waals surface area (Å²) in [7, 11) is 0. The van der Waals surface area contributed by atoms with E-state index in [-0.39, 0.29) is 15.7 Å². The molecule has 0 atom stereocenters. The Morgan fingerprint density at radius 3 is 2.26 bits per heavy atom. The molecule has 0 unspecified atom stereocenters. The van der Waals surface area contributed by atoms with Crippen LogP contribution < -0.4 is 15.5 Å². The first kappa shape index (κ1) is 22.0. The van der Waals surface area contributed by atoms with Crippen LogP contribution in [0.5, 0.6) is 5.75 Å². The fourth-order valence-electron chi connectivity index (χ4n) is 2.36. The van der Waals surface area contributed by atoms with E-state index in [1.807, 2.05) is 0 Å². The lowest BCUT2D eigenvalue weighted by atomic mass is 10.2. The van der Waals surface area contributed by atoms with Crippen LogP contribution in [0.3, 0.4) is 0 Å². The molecule has 0 aliphatic heterocycles. The highest BCUT2D eigenvalue weighted by molar-refractivity contribution is 6.45. The highest BCUT2D eigenvalue weighted by atomic mass is 35.5. The topological polar surface area (TPSA) is 96.9 Å². The lowest BCUT2D eigenvalue weighted by Crippen LogP contribution is -2.32. The fraction of sp³-hybridized carbons (Fsp3) is 0. The molecule has 0 saturated heterocycles. The number of carbonyl (C=O) groups is 3. The second-order valence-electron chi connectivity index (χ2n) is 6.08. The number of rotatable bonds is 5. The maximum absolute atomic E-state index is 12.0. The van der Waals surface area contributed by atoms with Crippen LogP contribution in [-0.4, -0.2) is 24.0 Å². The number of benzene rings is 3. The standard InChI is InChI=1S/C22H15Cl2N3O4/c23-17-7-4-8-18(19(17)24)26-20(28)21(29)27-25-13-14-9-11-16(12-10-14)31-22(30)15-5-2-1-3-6-15/h1-13H,(H,26,28)(H,27,29). The van der Waals surface area contributed by atoms with Crippen LogP contribution in [0.1, 0.15) is 15.9 Å². The molecule has 3 rings (SSSR count). The maximum Gasteiger partial charge on any atom is 0.343 e. The quantitative estimate of drug-likeness (QED) is 0.197. The van der Waals surface area contributed by atoms with Crippen LogP contribution in [0.15, 0.2) is 77.9 Å². The molecule has 0 aliphatic carbocycles. The largest absolute Gasteiger partial charge is 0.423 e. The number of anilines is 1. The number of amides is 2. The highest BCUT2D eigenvalue weighted by Crippen LogP contribution is 2.29. The van der Waals surface area contributed by atoms with Crippen LogP contribution in [0.25, 0.3) is 0 Å². The van der Waals surface area contributed by atoms with E-state index in [9.17, 15) is 14.4 Å². The first-order chi connectivity index (χ1) is 14.9. The summed E-state index contributed by atoms with van der Waals surface area (Å²) in [5, 5.41) is 6.45. The van der Waals surface area contributed by atoms with Gasteiger partial charge in [-0.3, -0.25) is 9.59 Å². The molecule has 0 spiro atoms. The van der Waals surface area contributed by atoms with Gasteiger partial charge in [0, 0.05) is 0 Å². The van der Waals surface area contributed by atoms with Crippen LogP contribution in [0, 0.1) is 0 Å². The molecule has 9 heteroatoms. The molecule has 3 aromatic carbocycles. The third kappa shape index (κ3) is 6.15. The normalized spacial score (nSPS) is 10.5. The molecule has 2 amide bonds. The van der Waals surface area contributed by atoms with Crippen molar-refractivity contribution >= 4 is 52.9 Å². The van der Waals surface area contributed by atoms with Gasteiger partial charge in [-0.25, -0.2) is 10.2 Å². The average Bonchev–Trinajstić information content (AvgIpc) is 2.78. The van der Waals surface area contributed by atoms with Crippen LogP contribution in [-0.2, 0) is 9.59 Å². The molecule has 0 heterocycles. The van der Waals surface area contributed by atoms with Crippen molar-refractivity contribution in [3.63, 3.8) is 0 Å². The molecule has 0 bridgehead atoms. The monoisotopic (exact) mass is 455 g/mol. The van der Waals surface area contributed by atoms with Crippen molar-refractivity contribution in [2.45, 2.75) is 0 Å². The fourth-order valence-corrected chi connectivity index (χ4v) is 2.71. The van der Waals surface area contributed by atoms with Gasteiger partial charge in [-0.05, 0) is 54.1 Å². The van der Waals surface area contributed by atoms with Gasteiger partial charge in [-0.2, -0.15) is 5.10 Å². The third-order valence-corrected chi connectivity index (χ3v) is 4.70. The Morgan fingerprint density at radius 1 is 0.839 bits per heavy atom. The molecule has 31 heavy (non-hydrogen) atoms. The molecule has 156 valence electrons. The van der Waals surface area contributed by atoms with E-state index < -0.39 is 17.8 Å². The number of nitrogens with zero attached hydrogens (tertiary/aromatic N) is 1. The molecular formula is C22H15Cl2N3O4. The summed E-state index contributed by atoms with van der Waals surface area (Å²) < 4.78 is 5.28. The maximum atomic E-state index is 12.0. The molecule has 7 nitrogen and oxygen atoms in total. The highest BCUT2D eigenvalue weighted by Gasteiger charge is 2.15. The second kappa shape index (κ2) is 10.4. The van der Waals surface area contributed by atoms with E-state index in [0.29, 0.717) is 16.9 Å². The van der Waals surface area contributed by atoms with Gasteiger partial charge in [0.05, 0.1) is 27.5 Å². The number of nitrogens with one attached hydrogen (secondary N) is 2. The van der Waals surface area contributed by atoms with E-state index in [4.69, 9.17) is 27.9 Å². The van der Waals surface area contributed by atoms with Gasteiger partial charge < -0.3 is 10.1 Å². The van der Waals surface area contributed by atoms with E-state index >= 15 is 0 Å². The van der Waals surface area contributed by atoms with Crippen LogP contribution >= 0.6 is 23.2 Å². The number of hydrazone groups is 1. The minimum atomic E-state index is -0.985. The van der Waals surface area contributed by atoms with E-state index in [1.54, 1.807) is 66.7 Å². The van der Waals surface area contributed by atoms with Gasteiger partial charge in [0.2, 0.25) is 0 Å². The van der Waals surface area contributed by atoms with Crippen molar-refractivity contribution < 1.29 is 19.1 Å². The molecule has 3 aromatic rings. The van der Waals surface area contributed by atoms with Gasteiger partial charge in [-0.1, -0.05) is 47.5 Å². The van der Waals surface area contributed by atoms with Gasteiger partial charge >= 0.3 is 17.8 Å². The van der Waals surface area contributed by atoms with Crippen molar-refractivity contribution in [2.75, 3.05) is 5.32 Å². The van der Waals surface area contributed by atoms with E-state index in [2.05, 4.69) is 15.8 Å². The Balaban J connectivity index is 1.52. The summed E-state index contributed by atoms with van der Waals surface area (Å²) in [5.41, 5.74) is 3.37. The van der Waals surface area contributed by atoms with E-state index in [1.165, 1.54) is 12.3 Å². The number of hydrogen-bond acceptors (Lipinski definition) is 5. The van der Waals surface area contributed by atoms with Crippen molar-refractivity contribution in [1.29, 1.82) is 0 Å². The summed E-state index contributed by atoms with van der Waals surface area (Å²) in [6, 6.07) is 19.7. The van der Waals surface area contributed by atoms with Crippen molar-refractivity contribution in [1.82, 2.24) is 5.43 Å². The van der Waals surface area contributed by atoms with Crippen molar-refractivity contribution in [2.24, 2.45) is 5.10 Å². The Kier molecular flexibility index (Phi) is 7.37. The summed E-state index contributed by atoms with van der Waals surface area (Å²) >= 11 is 11.8. The summed E-state index contributed by atoms with van der Waals surface area (Å²) in [5.74, 6) is -2.06. The Bertz CT molecular complexity index is 1130. The number of ether oxygens (including phenoxy) is 1. The first-order valence-corrected chi connectivity index (χ1v) is 9.65. The smallest absolute Gasteiger partial charge is 0.343 e. The Labute approximate surface area is 187 Å². The molecule has 2 N–H and O–H groups in total. The molecule has 0 saturated carbocycles. The molecular weight excluding hydrogens is 441 g/mol. The molecule has 0 aliphatic rings. The summed E-state index contributed by atoms with van der Waals surface area (Å²) in [4.78, 5) is 35.8. The van der Waals surface area contributed by atoms with E-state index in [0.717, 1.165) is 0 Å². The van der Waals surface area contributed by atoms with Gasteiger partial charge in [-0.15, -0.1) is 0 Å². The van der Waals surface area contributed by atoms with Gasteiger partial charge in [0.25, 0.3) is 0 Å². The molecule has 0 aromatic heterocycles. The zero-order chi connectivity index (χ0) is 22.2. The summed E-state index contributed by atoms with van der Waals surface area (Å²) in [6.07, 6.45) is 1.33. The molecule has 0 radical (unpaired) electrons. The minimum Gasteiger partial charge on any atom is -0.423 e. The number of carbonyl (C=O) groups excluding carboxylic acids is 3. The SMILES string of the molecule is O=C(NN=Cc1ccc(OC(=O)c2ccccc2)cc1)C(=O)Nc1cccc(Cl)c1Cl. The predicted octanol–water partition coefficient (Wildman–Crippen LogP) is 4.30. The minimum absolute atomic E-state index is 0.127. The lowest BCUT2D eigenvalue weighted by Gasteiger charge is -2.07. The number of esters is 1. The van der Waals surface area contributed by atoms with Crippen molar-refractivity contribution in [3.8, 4) is 5.75 Å². The van der Waals surface area contributed by atoms with Gasteiger partial charge in [0.1, 0.15) is 5.75 Å². The second-order valence-corrected chi connectivity index (χ2v) is 6.86. The Morgan fingerprint density at radius 2 is 1.55 bits per heavy atom. The number of halogens is 2. The Hall–Kier alpha value is -3.68. The van der Waals surface area contributed by atoms with Crippen molar-refractivity contribution in [3.05, 3.63) is 94.0 Å². The van der Waals surface area contributed by atoms with Crippen LogP contribution in [0.2, 0.25) is 10.0 Å². The lowest BCUT2D eigenvalue weighted by molar-refractivity contribution is -0.136. The summed E-state index contributed by atoms with van der Waals surface area (Å²) in [6.45, 7) is 0. The van der Waals surface area contributed by atoms with Crippen LogP contribution in [0.4, 0.5) is 5.69 Å². The van der Waals surface area contributed by atoms with Gasteiger partial charge in [0.15, 0.2) is 0 Å². The third-order valence-electron chi connectivity index (χ3n) is 3.89. The average molecular weight is 456 g/mol. The zero-order valence-corrected chi connectivity index (χ0v) is 17.4. The predicted molar refractivity (Wildman–Crippen MR) is 119 cm³/mol.